The first-order chi connectivity index (χ1) is 5.98. The van der Waals surface area contributed by atoms with Crippen LogP contribution >= 0.6 is 8.60 Å². The molecule has 0 rings (SSSR count). The highest BCUT2D eigenvalue weighted by atomic mass is 31.2. The lowest BCUT2D eigenvalue weighted by atomic mass is 9.79. The Balaban J connectivity index is 4.22. The van der Waals surface area contributed by atoms with Crippen LogP contribution in [-0.4, -0.2) is 39.8 Å². The van der Waals surface area contributed by atoms with E-state index in [0.717, 1.165) is 0 Å². The van der Waals surface area contributed by atoms with Crippen molar-refractivity contribution in [3.63, 3.8) is 0 Å². The smallest absolute Gasteiger partial charge is 0.327 e. The first-order valence-corrected chi connectivity index (χ1v) is 5.17. The van der Waals surface area contributed by atoms with E-state index in [1.165, 1.54) is 0 Å². The van der Waals surface area contributed by atoms with Gasteiger partial charge in [0, 0.05) is 5.41 Å². The molecule has 13 heavy (non-hydrogen) atoms. The van der Waals surface area contributed by atoms with E-state index < -0.39 is 14.0 Å². The number of hydrogen-bond acceptors (Lipinski definition) is 5. The maximum atomic E-state index is 9.06. The zero-order chi connectivity index (χ0) is 10.5. The van der Waals surface area contributed by atoms with Crippen LogP contribution in [0.5, 0.6) is 0 Å². The lowest BCUT2D eigenvalue weighted by molar-refractivity contribution is -0.0225. The number of aliphatic hydroxyl groups excluding tert-OH is 2. The summed E-state index contributed by atoms with van der Waals surface area (Å²) >= 11 is 0. The van der Waals surface area contributed by atoms with Crippen LogP contribution in [0, 0.1) is 11.3 Å². The minimum atomic E-state index is -2.42. The third kappa shape index (κ3) is 3.85. The SMILES string of the molecule is CC(C)C(CO)(CO)COP(O)O. The molecule has 6 heteroatoms. The van der Waals surface area contributed by atoms with Crippen LogP contribution in [0.3, 0.4) is 0 Å². The van der Waals surface area contributed by atoms with Crippen LogP contribution in [0.25, 0.3) is 0 Å². The van der Waals surface area contributed by atoms with Gasteiger partial charge < -0.3 is 24.5 Å². The van der Waals surface area contributed by atoms with Gasteiger partial charge in [-0.05, 0) is 5.92 Å². The molecule has 0 saturated heterocycles. The predicted molar refractivity (Wildman–Crippen MR) is 48.8 cm³/mol. The topological polar surface area (TPSA) is 90.2 Å². The van der Waals surface area contributed by atoms with Gasteiger partial charge in [-0.3, -0.25) is 0 Å². The highest BCUT2D eigenvalue weighted by Crippen LogP contribution is 2.33. The Morgan fingerprint density at radius 1 is 1.23 bits per heavy atom. The van der Waals surface area contributed by atoms with E-state index in [1.54, 1.807) is 0 Å². The molecule has 0 spiro atoms. The number of rotatable bonds is 6. The normalized spacial score (nSPS) is 12.9. The first-order valence-electron chi connectivity index (χ1n) is 4.01. The van der Waals surface area contributed by atoms with Gasteiger partial charge in [-0.2, -0.15) is 0 Å². The summed E-state index contributed by atoms with van der Waals surface area (Å²) in [6.45, 7) is 3.10. The molecule has 0 aliphatic heterocycles. The molecular weight excluding hydrogens is 195 g/mol. The fourth-order valence-electron chi connectivity index (χ4n) is 0.859. The van der Waals surface area contributed by atoms with E-state index in [4.69, 9.17) is 20.0 Å². The molecule has 0 atom stereocenters. The van der Waals surface area contributed by atoms with Gasteiger partial charge >= 0.3 is 8.60 Å². The summed E-state index contributed by atoms with van der Waals surface area (Å²) in [5.41, 5.74) is -0.800. The summed E-state index contributed by atoms with van der Waals surface area (Å²) in [6, 6.07) is 0. The number of hydrogen-bond donors (Lipinski definition) is 4. The van der Waals surface area contributed by atoms with E-state index in [0.29, 0.717) is 0 Å². The van der Waals surface area contributed by atoms with E-state index in [2.05, 4.69) is 4.52 Å². The van der Waals surface area contributed by atoms with Crippen LogP contribution < -0.4 is 0 Å². The van der Waals surface area contributed by atoms with Gasteiger partial charge in [-0.15, -0.1) is 0 Å². The summed E-state index contributed by atoms with van der Waals surface area (Å²) in [5.74, 6) is -0.00236. The summed E-state index contributed by atoms with van der Waals surface area (Å²) in [6.07, 6.45) is 0. The molecule has 5 nitrogen and oxygen atoms in total. The molecule has 0 aromatic rings. The fourth-order valence-corrected chi connectivity index (χ4v) is 1.23. The Labute approximate surface area is 79.0 Å². The second-order valence-electron chi connectivity index (χ2n) is 3.36. The minimum Gasteiger partial charge on any atom is -0.396 e. The van der Waals surface area contributed by atoms with Gasteiger partial charge in [0.2, 0.25) is 0 Å². The van der Waals surface area contributed by atoms with Gasteiger partial charge in [0.1, 0.15) is 0 Å². The highest BCUT2D eigenvalue weighted by Gasteiger charge is 2.33. The average molecular weight is 212 g/mol. The molecule has 0 heterocycles. The monoisotopic (exact) mass is 212 g/mol. The summed E-state index contributed by atoms with van der Waals surface area (Å²) in [5, 5.41) is 18.1. The van der Waals surface area contributed by atoms with Crippen LogP contribution in [0.15, 0.2) is 0 Å². The van der Waals surface area contributed by atoms with Crippen molar-refractivity contribution < 1.29 is 24.5 Å². The number of aliphatic hydroxyl groups is 2. The lowest BCUT2D eigenvalue weighted by Crippen LogP contribution is -2.39. The van der Waals surface area contributed by atoms with Crippen LogP contribution in [-0.2, 0) is 4.52 Å². The first kappa shape index (κ1) is 13.2. The molecule has 0 saturated carbocycles. The highest BCUT2D eigenvalue weighted by molar-refractivity contribution is 7.39. The Hall–Kier alpha value is 0.230. The summed E-state index contributed by atoms with van der Waals surface area (Å²) in [7, 11) is -2.42. The standard InChI is InChI=1S/C7H17O5P/c1-6(2)7(3-8,4-9)5-12-13(10)11/h6,8-11H,3-5H2,1-2H3. The van der Waals surface area contributed by atoms with Crippen molar-refractivity contribution in [3.8, 4) is 0 Å². The Morgan fingerprint density at radius 2 is 1.69 bits per heavy atom. The third-order valence-corrected chi connectivity index (χ3v) is 2.68. The molecular formula is C7H17O5P. The maximum Gasteiger partial charge on any atom is 0.327 e. The molecule has 4 N–H and O–H groups in total. The maximum absolute atomic E-state index is 9.06. The molecule has 0 aromatic carbocycles. The van der Waals surface area contributed by atoms with E-state index in [9.17, 15) is 0 Å². The molecule has 0 aliphatic carbocycles. The molecule has 0 aromatic heterocycles. The third-order valence-electron chi connectivity index (χ3n) is 2.32. The van der Waals surface area contributed by atoms with Gasteiger partial charge in [0.25, 0.3) is 0 Å². The van der Waals surface area contributed by atoms with Crippen LogP contribution in [0.1, 0.15) is 13.8 Å². The predicted octanol–water partition coefficient (Wildman–Crippen LogP) is -0.159. The van der Waals surface area contributed by atoms with Crippen molar-refractivity contribution in [3.05, 3.63) is 0 Å². The zero-order valence-electron chi connectivity index (χ0n) is 7.84. The fraction of sp³-hybridized carbons (Fsp3) is 1.00. The van der Waals surface area contributed by atoms with Crippen molar-refractivity contribution in [1.29, 1.82) is 0 Å². The van der Waals surface area contributed by atoms with Crippen molar-refractivity contribution in [2.45, 2.75) is 13.8 Å². The second kappa shape index (κ2) is 5.86. The van der Waals surface area contributed by atoms with Gasteiger partial charge in [0.15, 0.2) is 0 Å². The molecule has 0 unspecified atom stereocenters. The van der Waals surface area contributed by atoms with E-state index in [-0.39, 0.29) is 25.7 Å². The quantitative estimate of drug-likeness (QED) is 0.459. The van der Waals surface area contributed by atoms with Crippen molar-refractivity contribution >= 4 is 8.60 Å². The molecule has 0 amide bonds. The molecule has 0 bridgehead atoms. The summed E-state index contributed by atoms with van der Waals surface area (Å²) < 4.78 is 4.61. The molecule has 0 aliphatic rings. The van der Waals surface area contributed by atoms with Crippen LogP contribution in [0.2, 0.25) is 0 Å². The van der Waals surface area contributed by atoms with Crippen molar-refractivity contribution in [1.82, 2.24) is 0 Å². The lowest BCUT2D eigenvalue weighted by Gasteiger charge is -2.33. The molecule has 0 fully saturated rings. The minimum absolute atomic E-state index is 0.00236. The van der Waals surface area contributed by atoms with Gasteiger partial charge in [0.05, 0.1) is 19.8 Å². The average Bonchev–Trinajstić information content (AvgIpc) is 2.06. The Bertz CT molecular complexity index is 135. The largest absolute Gasteiger partial charge is 0.396 e. The molecule has 80 valence electrons. The molecule has 0 radical (unpaired) electrons. The second-order valence-corrected chi connectivity index (χ2v) is 4.12. The van der Waals surface area contributed by atoms with Crippen molar-refractivity contribution in [2.75, 3.05) is 19.8 Å². The Kier molecular flexibility index (Phi) is 5.96. The van der Waals surface area contributed by atoms with Crippen molar-refractivity contribution in [2.24, 2.45) is 11.3 Å². The van der Waals surface area contributed by atoms with E-state index in [1.807, 2.05) is 13.8 Å². The van der Waals surface area contributed by atoms with Gasteiger partial charge in [-0.25, -0.2) is 0 Å². The Morgan fingerprint density at radius 3 is 1.92 bits per heavy atom. The van der Waals surface area contributed by atoms with Gasteiger partial charge in [-0.1, -0.05) is 13.8 Å². The zero-order valence-corrected chi connectivity index (χ0v) is 8.74. The summed E-state index contributed by atoms with van der Waals surface area (Å²) in [4.78, 5) is 17.0. The van der Waals surface area contributed by atoms with Crippen LogP contribution in [0.4, 0.5) is 0 Å². The van der Waals surface area contributed by atoms with E-state index >= 15 is 0 Å².